The molecule has 1 N–H and O–H groups in total. The Balaban J connectivity index is 1.74. The highest BCUT2D eigenvalue weighted by Crippen LogP contribution is 2.39. The lowest BCUT2D eigenvalue weighted by Crippen LogP contribution is -2.31. The smallest absolute Gasteiger partial charge is 0.295 e. The molecule has 1 heterocycles. The molecule has 34 heavy (non-hydrogen) atoms. The Morgan fingerprint density at radius 3 is 2.38 bits per heavy atom. The Bertz CT molecular complexity index is 1240. The van der Waals surface area contributed by atoms with E-state index in [9.17, 15) is 19.1 Å². The van der Waals surface area contributed by atoms with Gasteiger partial charge in [-0.25, -0.2) is 4.39 Å². The molecule has 0 bridgehead atoms. The number of likely N-dealkylation sites (tertiary alicyclic amines) is 1. The fourth-order valence-corrected chi connectivity index (χ4v) is 4.26. The van der Waals surface area contributed by atoms with Gasteiger partial charge in [0.15, 0.2) is 0 Å². The van der Waals surface area contributed by atoms with Crippen LogP contribution in [0.15, 0.2) is 78.4 Å². The number of aliphatic hydroxyl groups is 1. The minimum absolute atomic E-state index is 0.0545. The second-order valence-corrected chi connectivity index (χ2v) is 8.19. The molecule has 1 atom stereocenters. The van der Waals surface area contributed by atoms with Crippen LogP contribution >= 0.6 is 0 Å². The largest absolute Gasteiger partial charge is 0.507 e. The van der Waals surface area contributed by atoms with E-state index in [4.69, 9.17) is 4.74 Å². The SMILES string of the molecule is CCOc1ccc(/C(O)=C2/C(=O)C(=O)N(CCc3ccc(F)cc3)C2c2ccccc2)cc1C. The zero-order valence-electron chi connectivity index (χ0n) is 19.1. The summed E-state index contributed by atoms with van der Waals surface area (Å²) in [6.07, 6.45) is 0.443. The lowest BCUT2D eigenvalue weighted by Gasteiger charge is -2.25. The van der Waals surface area contributed by atoms with Crippen molar-refractivity contribution < 1.29 is 23.8 Å². The maximum Gasteiger partial charge on any atom is 0.295 e. The van der Waals surface area contributed by atoms with Crippen LogP contribution in [0.3, 0.4) is 0 Å². The van der Waals surface area contributed by atoms with Crippen molar-refractivity contribution in [2.24, 2.45) is 0 Å². The van der Waals surface area contributed by atoms with Gasteiger partial charge in [0.25, 0.3) is 11.7 Å². The summed E-state index contributed by atoms with van der Waals surface area (Å²) < 4.78 is 18.8. The number of rotatable bonds is 7. The van der Waals surface area contributed by atoms with Gasteiger partial charge in [-0.15, -0.1) is 0 Å². The van der Waals surface area contributed by atoms with E-state index in [1.165, 1.54) is 17.0 Å². The molecule has 1 unspecified atom stereocenters. The van der Waals surface area contributed by atoms with Crippen molar-refractivity contribution in [2.75, 3.05) is 13.2 Å². The molecule has 1 aliphatic rings. The van der Waals surface area contributed by atoms with Crippen LogP contribution in [0, 0.1) is 12.7 Å². The molecule has 1 aliphatic heterocycles. The van der Waals surface area contributed by atoms with Gasteiger partial charge in [-0.1, -0.05) is 42.5 Å². The molecule has 0 aromatic heterocycles. The fourth-order valence-electron chi connectivity index (χ4n) is 4.26. The molecule has 4 rings (SSSR count). The van der Waals surface area contributed by atoms with Crippen LogP contribution in [0.2, 0.25) is 0 Å². The summed E-state index contributed by atoms with van der Waals surface area (Å²) in [4.78, 5) is 27.7. The number of nitrogens with zero attached hydrogens (tertiary/aromatic N) is 1. The molecule has 0 radical (unpaired) electrons. The van der Waals surface area contributed by atoms with Gasteiger partial charge in [-0.3, -0.25) is 9.59 Å². The van der Waals surface area contributed by atoms with Crippen molar-refractivity contribution in [2.45, 2.75) is 26.3 Å². The lowest BCUT2D eigenvalue weighted by molar-refractivity contribution is -0.139. The van der Waals surface area contributed by atoms with Crippen molar-refractivity contribution in [3.05, 3.63) is 106 Å². The Hall–Kier alpha value is -3.93. The van der Waals surface area contributed by atoms with Gasteiger partial charge in [-0.2, -0.15) is 0 Å². The summed E-state index contributed by atoms with van der Waals surface area (Å²) in [6, 6.07) is 19.7. The van der Waals surface area contributed by atoms with E-state index in [0.29, 0.717) is 24.3 Å². The standard InChI is InChI=1S/C28H26FNO4/c1-3-34-23-14-11-21(17-18(23)2)26(31)24-25(20-7-5-4-6-8-20)30(28(33)27(24)32)16-15-19-9-12-22(29)13-10-19/h4-14,17,25,31H,3,15-16H2,1-2H3/b26-24-. The van der Waals surface area contributed by atoms with E-state index in [-0.39, 0.29) is 23.7 Å². The average molecular weight is 460 g/mol. The minimum atomic E-state index is -0.728. The number of aliphatic hydroxyl groups excluding tert-OH is 1. The number of carbonyl (C=O) groups is 2. The van der Waals surface area contributed by atoms with Crippen molar-refractivity contribution in [1.29, 1.82) is 0 Å². The molecule has 6 heteroatoms. The minimum Gasteiger partial charge on any atom is -0.507 e. The number of amides is 1. The molecule has 1 fully saturated rings. The first-order chi connectivity index (χ1) is 16.4. The third kappa shape index (κ3) is 4.57. The average Bonchev–Trinajstić information content (AvgIpc) is 3.10. The summed E-state index contributed by atoms with van der Waals surface area (Å²) in [6.45, 7) is 4.51. The maximum atomic E-state index is 13.3. The maximum absolute atomic E-state index is 13.3. The second kappa shape index (κ2) is 9.91. The molecule has 1 saturated heterocycles. The van der Waals surface area contributed by atoms with Gasteiger partial charge >= 0.3 is 0 Å². The van der Waals surface area contributed by atoms with Gasteiger partial charge < -0.3 is 14.7 Å². The predicted octanol–water partition coefficient (Wildman–Crippen LogP) is 5.20. The number of carbonyl (C=O) groups excluding carboxylic acids is 2. The van der Waals surface area contributed by atoms with E-state index in [1.807, 2.05) is 44.2 Å². The Morgan fingerprint density at radius 1 is 1.03 bits per heavy atom. The van der Waals surface area contributed by atoms with E-state index in [2.05, 4.69) is 0 Å². The molecule has 5 nitrogen and oxygen atoms in total. The summed E-state index contributed by atoms with van der Waals surface area (Å²) in [5.74, 6) is -1.25. The number of Topliss-reactive ketones (excluding diaryl/α,β-unsaturated/α-hetero) is 1. The molecule has 3 aromatic rings. The normalized spacial score (nSPS) is 17.3. The topological polar surface area (TPSA) is 66.8 Å². The van der Waals surface area contributed by atoms with Crippen molar-refractivity contribution >= 4 is 17.4 Å². The molecule has 0 spiro atoms. The van der Waals surface area contributed by atoms with Gasteiger partial charge in [0, 0.05) is 12.1 Å². The highest BCUT2D eigenvalue weighted by atomic mass is 19.1. The first-order valence-electron chi connectivity index (χ1n) is 11.2. The summed E-state index contributed by atoms with van der Waals surface area (Å²) in [5.41, 5.74) is 2.88. The second-order valence-electron chi connectivity index (χ2n) is 8.19. The van der Waals surface area contributed by atoms with Crippen molar-refractivity contribution in [3.63, 3.8) is 0 Å². The zero-order chi connectivity index (χ0) is 24.2. The van der Waals surface area contributed by atoms with Gasteiger partial charge in [-0.05, 0) is 67.3 Å². The summed E-state index contributed by atoms with van der Waals surface area (Å²) in [7, 11) is 0. The van der Waals surface area contributed by atoms with E-state index >= 15 is 0 Å². The third-order valence-electron chi connectivity index (χ3n) is 5.96. The highest BCUT2D eigenvalue weighted by molar-refractivity contribution is 6.46. The molecule has 0 aliphatic carbocycles. The van der Waals surface area contributed by atoms with E-state index in [0.717, 1.165) is 16.7 Å². The Morgan fingerprint density at radius 2 is 1.74 bits per heavy atom. The number of halogens is 1. The van der Waals surface area contributed by atoms with Crippen LogP contribution in [0.25, 0.3) is 5.76 Å². The Kier molecular flexibility index (Phi) is 6.77. The zero-order valence-corrected chi connectivity index (χ0v) is 19.1. The molecule has 174 valence electrons. The summed E-state index contributed by atoms with van der Waals surface area (Å²) in [5, 5.41) is 11.2. The molecule has 3 aromatic carbocycles. The quantitative estimate of drug-likeness (QED) is 0.300. The number of ether oxygens (including phenoxy) is 1. The lowest BCUT2D eigenvalue weighted by atomic mass is 9.94. The van der Waals surface area contributed by atoms with Crippen LogP contribution in [-0.2, 0) is 16.0 Å². The number of hydrogen-bond donors (Lipinski definition) is 1. The molecular formula is C28H26FNO4. The van der Waals surface area contributed by atoms with Gasteiger partial charge in [0.2, 0.25) is 0 Å². The van der Waals surface area contributed by atoms with Crippen LogP contribution in [0.4, 0.5) is 4.39 Å². The van der Waals surface area contributed by atoms with Gasteiger partial charge in [0.05, 0.1) is 18.2 Å². The van der Waals surface area contributed by atoms with E-state index < -0.39 is 17.7 Å². The van der Waals surface area contributed by atoms with Crippen molar-refractivity contribution in [1.82, 2.24) is 4.90 Å². The molecule has 1 amide bonds. The number of hydrogen-bond acceptors (Lipinski definition) is 4. The van der Waals surface area contributed by atoms with Crippen LogP contribution < -0.4 is 4.74 Å². The highest BCUT2D eigenvalue weighted by Gasteiger charge is 2.45. The number of ketones is 1. The first kappa shape index (κ1) is 23.2. The third-order valence-corrected chi connectivity index (χ3v) is 5.96. The van der Waals surface area contributed by atoms with Crippen molar-refractivity contribution in [3.8, 4) is 5.75 Å². The molecular weight excluding hydrogens is 433 g/mol. The molecule has 0 saturated carbocycles. The van der Waals surface area contributed by atoms with Gasteiger partial charge in [0.1, 0.15) is 17.3 Å². The van der Waals surface area contributed by atoms with E-state index in [1.54, 1.807) is 30.3 Å². The van der Waals surface area contributed by atoms with Crippen LogP contribution in [0.5, 0.6) is 5.75 Å². The predicted molar refractivity (Wildman–Crippen MR) is 128 cm³/mol. The monoisotopic (exact) mass is 459 g/mol. The Labute approximate surface area is 198 Å². The number of aryl methyl sites for hydroxylation is 1. The fraction of sp³-hybridized carbons (Fsp3) is 0.214. The number of benzene rings is 3. The van der Waals surface area contributed by atoms with Crippen LogP contribution in [-0.4, -0.2) is 34.8 Å². The summed E-state index contributed by atoms with van der Waals surface area (Å²) >= 11 is 0. The van der Waals surface area contributed by atoms with Crippen LogP contribution in [0.1, 0.15) is 35.2 Å². The first-order valence-corrected chi connectivity index (χ1v) is 11.2.